The number of non-ortho nitro benzene ring substituents is 1. The van der Waals surface area contributed by atoms with Crippen molar-refractivity contribution in [3.8, 4) is 0 Å². The van der Waals surface area contributed by atoms with Crippen LogP contribution < -0.4 is 0 Å². The van der Waals surface area contributed by atoms with E-state index in [0.29, 0.717) is 5.56 Å². The van der Waals surface area contributed by atoms with Crippen molar-refractivity contribution in [3.05, 3.63) is 39.9 Å². The highest BCUT2D eigenvalue weighted by molar-refractivity contribution is 5.76. The number of hydrogen-bond acceptors (Lipinski definition) is 4. The number of benzene rings is 1. The molecule has 1 aromatic carbocycles. The third-order valence-corrected chi connectivity index (χ3v) is 2.17. The lowest BCUT2D eigenvalue weighted by Crippen LogP contribution is -2.04. The summed E-state index contributed by atoms with van der Waals surface area (Å²) in [4.78, 5) is 20.3. The molecule has 6 heteroatoms. The molecule has 2 atom stereocenters. The van der Waals surface area contributed by atoms with Gasteiger partial charge in [-0.1, -0.05) is 0 Å². The second-order valence-electron chi connectivity index (χ2n) is 3.16. The first-order valence-electron chi connectivity index (χ1n) is 4.22. The molecule has 0 radical (unpaired) electrons. The monoisotopic (exact) mass is 209 g/mol. The van der Waals surface area contributed by atoms with Crippen LogP contribution in [0.5, 0.6) is 0 Å². The van der Waals surface area contributed by atoms with Gasteiger partial charge in [-0.25, -0.2) is 4.79 Å². The van der Waals surface area contributed by atoms with E-state index in [4.69, 9.17) is 9.84 Å². The van der Waals surface area contributed by atoms with E-state index in [-0.39, 0.29) is 5.69 Å². The van der Waals surface area contributed by atoms with E-state index in [0.717, 1.165) is 0 Å². The van der Waals surface area contributed by atoms with Crippen LogP contribution in [-0.2, 0) is 9.53 Å². The molecule has 1 aliphatic heterocycles. The molecule has 1 N–H and O–H groups in total. The number of epoxide rings is 1. The summed E-state index contributed by atoms with van der Waals surface area (Å²) < 4.78 is 4.90. The summed E-state index contributed by atoms with van der Waals surface area (Å²) in [6.07, 6.45) is -1.28. The highest BCUT2D eigenvalue weighted by Crippen LogP contribution is 2.39. The highest BCUT2D eigenvalue weighted by atomic mass is 16.6. The molecule has 2 rings (SSSR count). The lowest BCUT2D eigenvalue weighted by atomic mass is 10.1. The van der Waals surface area contributed by atoms with Crippen LogP contribution in [0, 0.1) is 10.1 Å². The second-order valence-corrected chi connectivity index (χ2v) is 3.16. The molecule has 0 amide bonds. The molecule has 78 valence electrons. The number of ether oxygens (including phenoxy) is 1. The third kappa shape index (κ3) is 1.79. The number of hydrogen-bond donors (Lipinski definition) is 1. The van der Waals surface area contributed by atoms with Gasteiger partial charge in [-0.15, -0.1) is 0 Å². The minimum atomic E-state index is -1.02. The summed E-state index contributed by atoms with van der Waals surface area (Å²) in [5, 5.41) is 18.9. The average molecular weight is 209 g/mol. The van der Waals surface area contributed by atoms with Crippen molar-refractivity contribution in [1.29, 1.82) is 0 Å². The van der Waals surface area contributed by atoms with Crippen LogP contribution in [-0.4, -0.2) is 22.1 Å². The summed E-state index contributed by atoms with van der Waals surface area (Å²) in [5.74, 6) is -1.02. The quantitative estimate of drug-likeness (QED) is 0.457. The van der Waals surface area contributed by atoms with Crippen molar-refractivity contribution in [3.63, 3.8) is 0 Å². The molecule has 0 aliphatic carbocycles. The summed E-state index contributed by atoms with van der Waals surface area (Å²) in [7, 11) is 0. The van der Waals surface area contributed by atoms with Crippen LogP contribution in [0.1, 0.15) is 11.7 Å². The Morgan fingerprint density at radius 1 is 1.40 bits per heavy atom. The van der Waals surface area contributed by atoms with E-state index in [1.165, 1.54) is 24.3 Å². The number of carbonyl (C=O) groups is 1. The molecule has 0 spiro atoms. The molecule has 6 nitrogen and oxygen atoms in total. The summed E-state index contributed by atoms with van der Waals surface area (Å²) in [5.41, 5.74) is 0.624. The van der Waals surface area contributed by atoms with Crippen LogP contribution in [0.4, 0.5) is 5.69 Å². The molecule has 0 unspecified atom stereocenters. The number of nitro benzene ring substituents is 1. The average Bonchev–Trinajstić information content (AvgIpc) is 2.97. The number of nitro groups is 1. The number of nitrogens with zero attached hydrogens (tertiary/aromatic N) is 1. The maximum absolute atomic E-state index is 10.5. The van der Waals surface area contributed by atoms with Gasteiger partial charge in [0, 0.05) is 12.1 Å². The van der Waals surface area contributed by atoms with E-state index in [9.17, 15) is 14.9 Å². The molecule has 0 saturated carbocycles. The normalized spacial score (nSPS) is 23.5. The van der Waals surface area contributed by atoms with Gasteiger partial charge in [0.1, 0.15) is 6.10 Å². The summed E-state index contributed by atoms with van der Waals surface area (Å²) >= 11 is 0. The molecule has 1 aliphatic rings. The molecule has 0 aromatic heterocycles. The predicted octanol–water partition coefficient (Wildman–Crippen LogP) is 1.12. The lowest BCUT2D eigenvalue weighted by molar-refractivity contribution is -0.384. The zero-order chi connectivity index (χ0) is 11.0. The van der Waals surface area contributed by atoms with Gasteiger partial charge in [-0.3, -0.25) is 10.1 Å². The summed E-state index contributed by atoms with van der Waals surface area (Å²) in [6.45, 7) is 0. The fourth-order valence-corrected chi connectivity index (χ4v) is 1.34. The Bertz CT molecular complexity index is 413. The van der Waals surface area contributed by atoms with Gasteiger partial charge in [0.05, 0.1) is 4.92 Å². The van der Waals surface area contributed by atoms with Gasteiger partial charge < -0.3 is 9.84 Å². The van der Waals surface area contributed by atoms with Gasteiger partial charge in [0.25, 0.3) is 5.69 Å². The van der Waals surface area contributed by atoms with Crippen molar-refractivity contribution in [2.24, 2.45) is 0 Å². The van der Waals surface area contributed by atoms with Gasteiger partial charge in [-0.2, -0.15) is 0 Å². The van der Waals surface area contributed by atoms with Crippen LogP contribution in [0.2, 0.25) is 0 Å². The SMILES string of the molecule is O=C(O)[C@H]1O[C@@H]1c1ccc([N+](=O)[O-])cc1. The van der Waals surface area contributed by atoms with Crippen LogP contribution in [0.25, 0.3) is 0 Å². The molecule has 1 aromatic rings. The molecule has 0 bridgehead atoms. The molecule has 15 heavy (non-hydrogen) atoms. The lowest BCUT2D eigenvalue weighted by Gasteiger charge is -1.94. The van der Waals surface area contributed by atoms with Crippen molar-refractivity contribution in [2.75, 3.05) is 0 Å². The number of rotatable bonds is 3. The van der Waals surface area contributed by atoms with E-state index in [2.05, 4.69) is 0 Å². The Morgan fingerprint density at radius 2 is 2.00 bits per heavy atom. The number of aliphatic carboxylic acids is 1. The van der Waals surface area contributed by atoms with Crippen molar-refractivity contribution in [2.45, 2.75) is 12.2 Å². The van der Waals surface area contributed by atoms with Crippen molar-refractivity contribution >= 4 is 11.7 Å². The van der Waals surface area contributed by atoms with E-state index >= 15 is 0 Å². The molecular weight excluding hydrogens is 202 g/mol. The van der Waals surface area contributed by atoms with Gasteiger partial charge in [0.2, 0.25) is 0 Å². The Morgan fingerprint density at radius 3 is 2.40 bits per heavy atom. The minimum absolute atomic E-state index is 0.0220. The first-order chi connectivity index (χ1) is 7.09. The Balaban J connectivity index is 2.12. The van der Waals surface area contributed by atoms with E-state index in [1.54, 1.807) is 0 Å². The van der Waals surface area contributed by atoms with E-state index in [1.807, 2.05) is 0 Å². The maximum atomic E-state index is 10.5. The first kappa shape index (κ1) is 9.60. The molecule has 1 fully saturated rings. The van der Waals surface area contributed by atoms with Crippen LogP contribution >= 0.6 is 0 Å². The topological polar surface area (TPSA) is 93.0 Å². The number of carboxylic acid groups (broad SMARTS) is 1. The second kappa shape index (κ2) is 3.32. The van der Waals surface area contributed by atoms with Gasteiger partial charge >= 0.3 is 5.97 Å². The Hall–Kier alpha value is -1.95. The summed E-state index contributed by atoms with van der Waals surface area (Å²) in [6, 6.07) is 5.67. The van der Waals surface area contributed by atoms with Crippen molar-refractivity contribution in [1.82, 2.24) is 0 Å². The Kier molecular flexibility index (Phi) is 2.12. The highest BCUT2D eigenvalue weighted by Gasteiger charge is 2.46. The largest absolute Gasteiger partial charge is 0.479 e. The zero-order valence-electron chi connectivity index (χ0n) is 7.49. The van der Waals surface area contributed by atoms with Crippen LogP contribution in [0.15, 0.2) is 24.3 Å². The fourth-order valence-electron chi connectivity index (χ4n) is 1.34. The Labute approximate surface area is 84.2 Å². The maximum Gasteiger partial charge on any atom is 0.335 e. The molecular formula is C9H7NO5. The minimum Gasteiger partial charge on any atom is -0.479 e. The van der Waals surface area contributed by atoms with Gasteiger partial charge in [-0.05, 0) is 17.7 Å². The first-order valence-corrected chi connectivity index (χ1v) is 4.22. The predicted molar refractivity (Wildman–Crippen MR) is 48.3 cm³/mol. The van der Waals surface area contributed by atoms with Crippen molar-refractivity contribution < 1.29 is 19.6 Å². The zero-order valence-corrected chi connectivity index (χ0v) is 7.49. The third-order valence-electron chi connectivity index (χ3n) is 2.17. The van der Waals surface area contributed by atoms with Gasteiger partial charge in [0.15, 0.2) is 6.10 Å². The number of carboxylic acids is 1. The smallest absolute Gasteiger partial charge is 0.335 e. The van der Waals surface area contributed by atoms with E-state index < -0.39 is 23.1 Å². The molecule has 1 heterocycles. The standard InChI is InChI=1S/C9H7NO5/c11-9(12)8-7(15-8)5-1-3-6(4-2-5)10(13)14/h1-4,7-8H,(H,11,12)/t7-,8+/m1/s1. The van der Waals surface area contributed by atoms with Crippen LogP contribution in [0.3, 0.4) is 0 Å². The fraction of sp³-hybridized carbons (Fsp3) is 0.222. The molecule has 1 saturated heterocycles.